The fourth-order valence-corrected chi connectivity index (χ4v) is 6.49. The van der Waals surface area contributed by atoms with Crippen molar-refractivity contribution in [3.8, 4) is 16.9 Å². The molecule has 1 N–H and O–H groups in total. The van der Waals surface area contributed by atoms with Crippen LogP contribution in [0.3, 0.4) is 0 Å². The SMILES string of the molecule is C=C(C)C(=O)OCc1cc(-c2cc3c(cc2F)CC(C2CCC(CCCCC)CC2)CC3)ccc1OCCO. The Morgan fingerprint density at radius 3 is 2.56 bits per heavy atom. The van der Waals surface area contributed by atoms with E-state index in [1.807, 2.05) is 18.2 Å². The van der Waals surface area contributed by atoms with Gasteiger partial charge in [0.25, 0.3) is 0 Å². The molecule has 212 valence electrons. The van der Waals surface area contributed by atoms with E-state index < -0.39 is 5.97 Å². The third kappa shape index (κ3) is 7.72. The lowest BCUT2D eigenvalue weighted by Crippen LogP contribution is -2.26. The minimum atomic E-state index is -0.493. The Kier molecular flexibility index (Phi) is 10.6. The smallest absolute Gasteiger partial charge is 0.333 e. The molecule has 0 amide bonds. The van der Waals surface area contributed by atoms with Crippen LogP contribution in [-0.2, 0) is 29.0 Å². The number of aryl methyl sites for hydroxylation is 1. The van der Waals surface area contributed by atoms with Crippen LogP contribution in [0.15, 0.2) is 42.5 Å². The summed E-state index contributed by atoms with van der Waals surface area (Å²) in [5, 5.41) is 9.17. The van der Waals surface area contributed by atoms with Crippen molar-refractivity contribution >= 4 is 5.97 Å². The summed E-state index contributed by atoms with van der Waals surface area (Å²) in [5.74, 6) is 2.15. The van der Waals surface area contributed by atoms with Gasteiger partial charge in [-0.05, 0) is 97.7 Å². The number of unbranched alkanes of at least 4 members (excludes halogenated alkanes) is 2. The molecule has 2 aliphatic carbocycles. The number of hydrogen-bond donors (Lipinski definition) is 1. The van der Waals surface area contributed by atoms with E-state index in [1.165, 1.54) is 63.4 Å². The lowest BCUT2D eigenvalue weighted by molar-refractivity contribution is -0.140. The quantitative estimate of drug-likeness (QED) is 0.170. The maximum absolute atomic E-state index is 15.5. The molecule has 2 aromatic carbocycles. The van der Waals surface area contributed by atoms with E-state index in [4.69, 9.17) is 9.47 Å². The third-order valence-corrected chi connectivity index (χ3v) is 8.76. The van der Waals surface area contributed by atoms with Gasteiger partial charge in [-0.1, -0.05) is 58.1 Å². The number of aliphatic hydroxyl groups excluding tert-OH is 1. The van der Waals surface area contributed by atoms with Crippen LogP contribution in [0.2, 0.25) is 0 Å². The van der Waals surface area contributed by atoms with Crippen LogP contribution in [-0.4, -0.2) is 24.3 Å². The second-order valence-corrected chi connectivity index (χ2v) is 11.6. The van der Waals surface area contributed by atoms with Gasteiger partial charge in [-0.2, -0.15) is 0 Å². The van der Waals surface area contributed by atoms with Crippen molar-refractivity contribution in [3.63, 3.8) is 0 Å². The highest BCUT2D eigenvalue weighted by atomic mass is 19.1. The number of carbonyl (C=O) groups is 1. The summed E-state index contributed by atoms with van der Waals surface area (Å²) in [4.78, 5) is 12.0. The molecule has 4 nitrogen and oxygen atoms in total. The number of aliphatic hydroxyl groups is 1. The van der Waals surface area contributed by atoms with Gasteiger partial charge in [0.15, 0.2) is 0 Å². The minimum absolute atomic E-state index is 0.0185. The molecule has 0 bridgehead atoms. The van der Waals surface area contributed by atoms with E-state index >= 15 is 4.39 Å². The number of fused-ring (bicyclic) bond motifs is 1. The summed E-state index contributed by atoms with van der Waals surface area (Å²) in [6.07, 6.45) is 14.0. The van der Waals surface area contributed by atoms with Crippen molar-refractivity contribution in [2.45, 2.75) is 91.1 Å². The first-order valence-corrected chi connectivity index (χ1v) is 14.9. The van der Waals surface area contributed by atoms with Gasteiger partial charge in [0, 0.05) is 16.7 Å². The van der Waals surface area contributed by atoms with Gasteiger partial charge in [0.1, 0.15) is 24.8 Å². The van der Waals surface area contributed by atoms with Crippen molar-refractivity contribution in [3.05, 3.63) is 65.0 Å². The van der Waals surface area contributed by atoms with Crippen LogP contribution < -0.4 is 4.74 Å². The normalized spacial score (nSPS) is 20.8. The van der Waals surface area contributed by atoms with E-state index in [1.54, 1.807) is 19.1 Å². The topological polar surface area (TPSA) is 55.8 Å². The van der Waals surface area contributed by atoms with Crippen LogP contribution >= 0.6 is 0 Å². The molecular weight excluding hydrogens is 491 g/mol. The number of hydrogen-bond acceptors (Lipinski definition) is 4. The van der Waals surface area contributed by atoms with Gasteiger partial charge in [0.2, 0.25) is 0 Å². The van der Waals surface area contributed by atoms with E-state index in [0.717, 1.165) is 35.8 Å². The molecule has 1 fully saturated rings. The molecule has 0 spiro atoms. The Bertz CT molecular complexity index is 1130. The first-order valence-electron chi connectivity index (χ1n) is 14.9. The highest BCUT2D eigenvalue weighted by Gasteiger charge is 2.30. The molecule has 39 heavy (non-hydrogen) atoms. The summed E-state index contributed by atoms with van der Waals surface area (Å²) < 4.78 is 26.5. The van der Waals surface area contributed by atoms with Gasteiger partial charge in [0.05, 0.1) is 6.61 Å². The molecule has 0 radical (unpaired) electrons. The summed E-state index contributed by atoms with van der Waals surface area (Å²) in [6.45, 7) is 7.46. The number of rotatable bonds is 12. The number of ether oxygens (including phenoxy) is 2. The largest absolute Gasteiger partial charge is 0.491 e. The zero-order valence-corrected chi connectivity index (χ0v) is 23.8. The molecule has 1 atom stereocenters. The first-order chi connectivity index (χ1) is 18.9. The zero-order valence-electron chi connectivity index (χ0n) is 23.8. The van der Waals surface area contributed by atoms with Crippen LogP contribution in [0.1, 0.15) is 88.3 Å². The van der Waals surface area contributed by atoms with Gasteiger partial charge < -0.3 is 14.6 Å². The van der Waals surface area contributed by atoms with Crippen LogP contribution in [0.4, 0.5) is 4.39 Å². The lowest BCUT2D eigenvalue weighted by Gasteiger charge is -2.36. The van der Waals surface area contributed by atoms with Crippen LogP contribution in [0.5, 0.6) is 5.75 Å². The number of halogens is 1. The Labute approximate surface area is 233 Å². The minimum Gasteiger partial charge on any atom is -0.491 e. The maximum Gasteiger partial charge on any atom is 0.333 e. The fourth-order valence-electron chi connectivity index (χ4n) is 6.49. The van der Waals surface area contributed by atoms with Crippen LogP contribution in [0.25, 0.3) is 11.1 Å². The second-order valence-electron chi connectivity index (χ2n) is 11.6. The van der Waals surface area contributed by atoms with E-state index in [0.29, 0.717) is 28.4 Å². The molecule has 1 unspecified atom stereocenters. The molecule has 0 aliphatic heterocycles. The molecule has 0 heterocycles. The summed E-state index contributed by atoms with van der Waals surface area (Å²) in [7, 11) is 0. The van der Waals surface area contributed by atoms with Crippen molar-refractivity contribution < 1.29 is 23.8 Å². The summed E-state index contributed by atoms with van der Waals surface area (Å²) in [5.41, 5.74) is 4.61. The molecule has 2 aliphatic rings. The highest BCUT2D eigenvalue weighted by molar-refractivity contribution is 5.87. The highest BCUT2D eigenvalue weighted by Crippen LogP contribution is 2.42. The number of esters is 1. The zero-order chi connectivity index (χ0) is 27.8. The van der Waals surface area contributed by atoms with E-state index in [2.05, 4.69) is 13.5 Å². The number of carbonyl (C=O) groups excluding carboxylic acids is 1. The van der Waals surface area contributed by atoms with Crippen molar-refractivity contribution in [2.24, 2.45) is 17.8 Å². The van der Waals surface area contributed by atoms with Crippen LogP contribution in [0, 0.1) is 23.6 Å². The van der Waals surface area contributed by atoms with Crippen molar-refractivity contribution in [1.82, 2.24) is 0 Å². The van der Waals surface area contributed by atoms with E-state index in [9.17, 15) is 9.90 Å². The van der Waals surface area contributed by atoms with Gasteiger partial charge in [-0.15, -0.1) is 0 Å². The predicted octanol–water partition coefficient (Wildman–Crippen LogP) is 7.97. The lowest BCUT2D eigenvalue weighted by atomic mass is 9.69. The Balaban J connectivity index is 1.46. The third-order valence-electron chi connectivity index (χ3n) is 8.76. The van der Waals surface area contributed by atoms with Crippen molar-refractivity contribution in [1.29, 1.82) is 0 Å². The molecule has 1 saturated carbocycles. The molecule has 5 heteroatoms. The second kappa shape index (κ2) is 14.1. The van der Waals surface area contributed by atoms with Gasteiger partial charge >= 0.3 is 5.97 Å². The average molecular weight is 537 g/mol. The maximum atomic E-state index is 15.5. The Morgan fingerprint density at radius 2 is 1.85 bits per heavy atom. The average Bonchev–Trinajstić information content (AvgIpc) is 2.94. The Hall–Kier alpha value is -2.66. The Morgan fingerprint density at radius 1 is 1.05 bits per heavy atom. The molecular formula is C34H45FO4. The first kappa shape index (κ1) is 29.3. The molecule has 0 saturated heterocycles. The van der Waals surface area contributed by atoms with Gasteiger partial charge in [-0.25, -0.2) is 9.18 Å². The summed E-state index contributed by atoms with van der Waals surface area (Å²) in [6, 6.07) is 9.16. The number of benzene rings is 2. The molecule has 0 aromatic heterocycles. The fraction of sp³-hybridized carbons (Fsp3) is 0.559. The standard InChI is InChI=1S/C34H45FO4/c1-4-5-6-7-24-8-10-25(11-9-24)26-12-13-27-20-31(32(35)21-29(27)18-26)28-14-15-33(38-17-16-36)30(19-28)22-39-34(37)23(2)3/h14-15,19-21,24-26,36H,2,4-13,16-18,22H2,1,3H3. The monoisotopic (exact) mass is 536 g/mol. The molecule has 4 rings (SSSR count). The summed E-state index contributed by atoms with van der Waals surface area (Å²) >= 11 is 0. The van der Waals surface area contributed by atoms with E-state index in [-0.39, 0.29) is 25.6 Å². The van der Waals surface area contributed by atoms with Crippen molar-refractivity contribution in [2.75, 3.05) is 13.2 Å². The molecule has 2 aromatic rings. The van der Waals surface area contributed by atoms with Gasteiger partial charge in [-0.3, -0.25) is 0 Å². The predicted molar refractivity (Wildman–Crippen MR) is 154 cm³/mol.